The Morgan fingerprint density at radius 1 is 1.17 bits per heavy atom. The van der Waals surface area contributed by atoms with Gasteiger partial charge in [-0.05, 0) is 17.2 Å². The van der Waals surface area contributed by atoms with Crippen molar-refractivity contribution in [2.75, 3.05) is 19.7 Å². The van der Waals surface area contributed by atoms with Crippen LogP contribution < -0.4 is 5.32 Å². The van der Waals surface area contributed by atoms with Gasteiger partial charge in [0.05, 0.1) is 25.2 Å². The molecule has 0 spiro atoms. The fourth-order valence-corrected chi connectivity index (χ4v) is 3.99. The van der Waals surface area contributed by atoms with Gasteiger partial charge in [0.1, 0.15) is 5.82 Å². The van der Waals surface area contributed by atoms with E-state index < -0.39 is 0 Å². The van der Waals surface area contributed by atoms with Gasteiger partial charge in [-0.2, -0.15) is 0 Å². The van der Waals surface area contributed by atoms with Crippen LogP contribution in [0.1, 0.15) is 11.5 Å². The summed E-state index contributed by atoms with van der Waals surface area (Å²) in [4.78, 5) is 13.8. The molecule has 2 aliphatic rings. The lowest BCUT2D eigenvalue weighted by Crippen LogP contribution is -2.72. The Hall–Kier alpha value is -2.24. The van der Waals surface area contributed by atoms with Crippen molar-refractivity contribution in [2.24, 2.45) is 0 Å². The van der Waals surface area contributed by atoms with Crippen molar-refractivity contribution in [2.45, 2.75) is 18.0 Å². The quantitative estimate of drug-likeness (QED) is 0.904. The molecular weight excluding hydrogens is 307 g/mol. The second kappa shape index (κ2) is 6.00. The van der Waals surface area contributed by atoms with Crippen LogP contribution in [0, 0.1) is 5.82 Å². The van der Waals surface area contributed by atoms with Gasteiger partial charge < -0.3 is 15.3 Å². The number of hydrogen-bond donors (Lipinski definition) is 2. The van der Waals surface area contributed by atoms with Crippen molar-refractivity contribution in [3.8, 4) is 11.1 Å². The third-order valence-electron chi connectivity index (χ3n) is 5.13. The van der Waals surface area contributed by atoms with E-state index in [2.05, 4.69) is 5.32 Å². The molecule has 0 unspecified atom stereocenters. The molecule has 0 radical (unpaired) electrons. The minimum absolute atomic E-state index is 0.0397. The molecule has 5 heteroatoms. The molecule has 2 aliphatic heterocycles. The molecule has 4 rings (SSSR count). The first-order chi connectivity index (χ1) is 11.7. The smallest absolute Gasteiger partial charge is 0.237 e. The minimum atomic E-state index is -0.240. The number of nitrogens with one attached hydrogen (secondary N) is 1. The number of rotatable bonds is 3. The van der Waals surface area contributed by atoms with Crippen molar-refractivity contribution < 1.29 is 14.3 Å². The average Bonchev–Trinajstić information content (AvgIpc) is 2.58. The Balaban J connectivity index is 1.61. The van der Waals surface area contributed by atoms with Crippen LogP contribution in [-0.2, 0) is 4.79 Å². The van der Waals surface area contributed by atoms with Crippen molar-refractivity contribution in [3.63, 3.8) is 0 Å². The number of hydrogen-bond acceptors (Lipinski definition) is 3. The molecule has 2 aromatic carbocycles. The molecule has 4 nitrogen and oxygen atoms in total. The third kappa shape index (κ3) is 2.32. The first-order valence-corrected chi connectivity index (χ1v) is 8.18. The lowest BCUT2D eigenvalue weighted by Gasteiger charge is -2.57. The molecule has 2 fully saturated rings. The Morgan fingerprint density at radius 2 is 1.92 bits per heavy atom. The highest BCUT2D eigenvalue weighted by Gasteiger charge is 2.52. The monoisotopic (exact) mass is 326 g/mol. The molecule has 0 bridgehead atoms. The molecule has 0 saturated carbocycles. The van der Waals surface area contributed by atoms with Crippen molar-refractivity contribution in [1.29, 1.82) is 0 Å². The summed E-state index contributed by atoms with van der Waals surface area (Å²) in [6.07, 6.45) is 0. The Kier molecular flexibility index (Phi) is 3.82. The molecule has 0 aromatic heterocycles. The number of piperazine rings is 1. The van der Waals surface area contributed by atoms with E-state index >= 15 is 0 Å². The van der Waals surface area contributed by atoms with Gasteiger partial charge >= 0.3 is 0 Å². The Labute approximate surface area is 139 Å². The van der Waals surface area contributed by atoms with E-state index in [9.17, 15) is 14.3 Å². The van der Waals surface area contributed by atoms with Crippen LogP contribution in [0.15, 0.2) is 48.5 Å². The predicted molar refractivity (Wildman–Crippen MR) is 89.0 cm³/mol. The highest BCUT2D eigenvalue weighted by Crippen LogP contribution is 2.41. The summed E-state index contributed by atoms with van der Waals surface area (Å²) in [6, 6.07) is 14.4. The highest BCUT2D eigenvalue weighted by molar-refractivity contribution is 5.81. The number of carbonyl (C=O) groups is 1. The zero-order chi connectivity index (χ0) is 16.7. The lowest BCUT2D eigenvalue weighted by atomic mass is 9.74. The second-order valence-corrected chi connectivity index (χ2v) is 6.38. The van der Waals surface area contributed by atoms with Gasteiger partial charge in [0.2, 0.25) is 5.91 Å². The SMILES string of the molecule is O=C1CNC[C@@H]2[C@@H](c3ccc(-c4ccccc4F)cc3)[C@H](CO)N12. The van der Waals surface area contributed by atoms with E-state index in [4.69, 9.17) is 0 Å². The number of aliphatic hydroxyl groups is 1. The fourth-order valence-electron chi connectivity index (χ4n) is 3.99. The van der Waals surface area contributed by atoms with Crippen LogP contribution in [0.2, 0.25) is 0 Å². The summed E-state index contributed by atoms with van der Waals surface area (Å²) in [5.41, 5.74) is 2.48. The van der Waals surface area contributed by atoms with Gasteiger partial charge in [0, 0.05) is 18.0 Å². The van der Waals surface area contributed by atoms with Gasteiger partial charge in [-0.1, -0.05) is 42.5 Å². The Bertz CT molecular complexity index is 756. The number of nitrogens with zero attached hydrogens (tertiary/aromatic N) is 1. The van der Waals surface area contributed by atoms with Crippen LogP contribution in [-0.4, -0.2) is 47.7 Å². The van der Waals surface area contributed by atoms with Gasteiger partial charge in [-0.25, -0.2) is 4.39 Å². The first kappa shape index (κ1) is 15.3. The molecule has 24 heavy (non-hydrogen) atoms. The summed E-state index contributed by atoms with van der Waals surface area (Å²) in [7, 11) is 0. The predicted octanol–water partition coefficient (Wildman–Crippen LogP) is 1.75. The molecular formula is C19H19FN2O2. The number of amides is 1. The van der Waals surface area contributed by atoms with Gasteiger partial charge in [-0.3, -0.25) is 4.79 Å². The maximum atomic E-state index is 13.9. The van der Waals surface area contributed by atoms with Crippen molar-refractivity contribution in [1.82, 2.24) is 10.2 Å². The summed E-state index contributed by atoms with van der Waals surface area (Å²) in [5.74, 6) is -0.0821. The van der Waals surface area contributed by atoms with Crippen LogP contribution in [0.3, 0.4) is 0 Å². The molecule has 1 amide bonds. The highest BCUT2D eigenvalue weighted by atomic mass is 19.1. The van der Waals surface area contributed by atoms with Crippen molar-refractivity contribution >= 4 is 5.91 Å². The number of benzene rings is 2. The van der Waals surface area contributed by atoms with E-state index in [-0.39, 0.29) is 36.3 Å². The van der Waals surface area contributed by atoms with E-state index in [1.165, 1.54) is 6.07 Å². The normalized spacial score (nSPS) is 26.0. The zero-order valence-corrected chi connectivity index (χ0v) is 13.2. The summed E-state index contributed by atoms with van der Waals surface area (Å²) >= 11 is 0. The molecule has 2 N–H and O–H groups in total. The Morgan fingerprint density at radius 3 is 2.62 bits per heavy atom. The second-order valence-electron chi connectivity index (χ2n) is 6.38. The lowest BCUT2D eigenvalue weighted by molar-refractivity contribution is -0.153. The summed E-state index contributed by atoms with van der Waals surface area (Å²) < 4.78 is 13.9. The van der Waals surface area contributed by atoms with E-state index in [1.54, 1.807) is 17.0 Å². The summed E-state index contributed by atoms with van der Waals surface area (Å²) in [5, 5.41) is 12.8. The van der Waals surface area contributed by atoms with E-state index in [0.717, 1.165) is 17.7 Å². The fraction of sp³-hybridized carbons (Fsp3) is 0.316. The average molecular weight is 326 g/mol. The number of halogens is 1. The zero-order valence-electron chi connectivity index (χ0n) is 13.2. The number of carbonyl (C=O) groups excluding carboxylic acids is 1. The van der Waals surface area contributed by atoms with Crippen molar-refractivity contribution in [3.05, 3.63) is 59.9 Å². The van der Waals surface area contributed by atoms with Crippen LogP contribution >= 0.6 is 0 Å². The molecule has 2 heterocycles. The molecule has 2 aromatic rings. The molecule has 124 valence electrons. The maximum Gasteiger partial charge on any atom is 0.237 e. The van der Waals surface area contributed by atoms with Gasteiger partial charge in [0.15, 0.2) is 0 Å². The van der Waals surface area contributed by atoms with Crippen LogP contribution in [0.5, 0.6) is 0 Å². The van der Waals surface area contributed by atoms with E-state index in [1.807, 2.05) is 30.3 Å². The number of fused-ring (bicyclic) bond motifs is 1. The van der Waals surface area contributed by atoms with E-state index in [0.29, 0.717) is 12.1 Å². The molecule has 2 saturated heterocycles. The van der Waals surface area contributed by atoms with Gasteiger partial charge in [-0.15, -0.1) is 0 Å². The molecule has 3 atom stereocenters. The van der Waals surface area contributed by atoms with Gasteiger partial charge in [0.25, 0.3) is 0 Å². The standard InChI is InChI=1S/C19H19FN2O2/c20-15-4-2-1-3-14(15)12-5-7-13(8-6-12)19-16-9-21-10-18(24)22(16)17(19)11-23/h1-8,16-17,19,21,23H,9-11H2/t16-,17+,19-/m1/s1. The summed E-state index contributed by atoms with van der Waals surface area (Å²) in [6.45, 7) is 1.04. The largest absolute Gasteiger partial charge is 0.394 e. The minimum Gasteiger partial charge on any atom is -0.394 e. The third-order valence-corrected chi connectivity index (χ3v) is 5.13. The maximum absolute atomic E-state index is 13.9. The van der Waals surface area contributed by atoms with Crippen LogP contribution in [0.25, 0.3) is 11.1 Å². The number of aliphatic hydroxyl groups excluding tert-OH is 1. The first-order valence-electron chi connectivity index (χ1n) is 8.18. The molecule has 0 aliphatic carbocycles. The van der Waals surface area contributed by atoms with Crippen LogP contribution in [0.4, 0.5) is 4.39 Å². The topological polar surface area (TPSA) is 52.6 Å².